The highest BCUT2D eigenvalue weighted by molar-refractivity contribution is 5.96. The number of carbonyl (C=O) groups excluding carboxylic acids is 2. The quantitative estimate of drug-likeness (QED) is 0.767. The molecule has 0 aliphatic heterocycles. The highest BCUT2D eigenvalue weighted by Gasteiger charge is 2.22. The number of nitrogens with zero attached hydrogens (tertiary/aromatic N) is 2. The van der Waals surface area contributed by atoms with Gasteiger partial charge in [-0.15, -0.1) is 0 Å². The number of carbonyl (C=O) groups is 2. The molecule has 2 amide bonds. The first-order valence-corrected chi connectivity index (χ1v) is 9.91. The number of aryl methyl sites for hydroxylation is 1. The van der Waals surface area contributed by atoms with Gasteiger partial charge in [0.15, 0.2) is 5.69 Å². The molecular formula is C21H28N4O3. The monoisotopic (exact) mass is 384 g/mol. The van der Waals surface area contributed by atoms with Crippen molar-refractivity contribution in [2.75, 3.05) is 11.9 Å². The molecule has 0 saturated heterocycles. The van der Waals surface area contributed by atoms with Crippen LogP contribution in [0.15, 0.2) is 30.3 Å². The van der Waals surface area contributed by atoms with Gasteiger partial charge in [0.05, 0.1) is 6.61 Å². The van der Waals surface area contributed by atoms with Crippen molar-refractivity contribution in [2.24, 2.45) is 13.0 Å². The van der Waals surface area contributed by atoms with Crippen molar-refractivity contribution < 1.29 is 14.3 Å². The van der Waals surface area contributed by atoms with Crippen LogP contribution in [-0.2, 0) is 18.4 Å². The average Bonchev–Trinajstić information content (AvgIpc) is 3.08. The summed E-state index contributed by atoms with van der Waals surface area (Å²) in [5, 5.41) is 10.00. The molecule has 7 nitrogen and oxygen atoms in total. The van der Waals surface area contributed by atoms with Gasteiger partial charge < -0.3 is 15.4 Å². The maximum absolute atomic E-state index is 12.4. The summed E-state index contributed by atoms with van der Waals surface area (Å²) in [7, 11) is 1.72. The summed E-state index contributed by atoms with van der Waals surface area (Å²) in [6.07, 6.45) is 5.26. The third-order valence-corrected chi connectivity index (χ3v) is 5.03. The molecule has 3 rings (SSSR count). The van der Waals surface area contributed by atoms with Crippen LogP contribution in [-0.4, -0.2) is 28.2 Å². The van der Waals surface area contributed by atoms with E-state index in [9.17, 15) is 9.59 Å². The fourth-order valence-electron chi connectivity index (χ4n) is 3.43. The number of anilines is 1. The Morgan fingerprint density at radius 3 is 2.57 bits per heavy atom. The number of aromatic nitrogens is 2. The van der Waals surface area contributed by atoms with E-state index in [1.165, 1.54) is 11.1 Å². The lowest BCUT2D eigenvalue weighted by molar-refractivity contribution is -0.120. The molecule has 0 spiro atoms. The van der Waals surface area contributed by atoms with Gasteiger partial charge in [-0.2, -0.15) is 5.10 Å². The van der Waals surface area contributed by atoms with Crippen LogP contribution in [0, 0.1) is 5.92 Å². The molecule has 0 unspecified atom stereocenters. The van der Waals surface area contributed by atoms with Gasteiger partial charge in [0.1, 0.15) is 11.6 Å². The van der Waals surface area contributed by atoms with E-state index in [0.29, 0.717) is 19.0 Å². The average molecular weight is 384 g/mol. The summed E-state index contributed by atoms with van der Waals surface area (Å²) < 4.78 is 6.95. The van der Waals surface area contributed by atoms with Crippen LogP contribution in [0.1, 0.15) is 55.1 Å². The third-order valence-electron chi connectivity index (χ3n) is 5.03. The summed E-state index contributed by atoms with van der Waals surface area (Å²) in [5.41, 5.74) is 1.26. The standard InChI is InChI=1S/C21H28N4O3/c1-3-28-17-11-9-15(10-12-17)14-22-21(27)18-13-19(25(2)24-18)23-20(26)16-7-5-4-6-8-16/h9-13,16H,3-8,14H2,1-2H3,(H,22,27)(H,23,26). The van der Waals surface area contributed by atoms with E-state index >= 15 is 0 Å². The fourth-order valence-corrected chi connectivity index (χ4v) is 3.43. The molecule has 1 aliphatic rings. The number of ether oxygens (including phenoxy) is 1. The fraction of sp³-hybridized carbons (Fsp3) is 0.476. The Hall–Kier alpha value is -2.83. The predicted molar refractivity (Wildman–Crippen MR) is 107 cm³/mol. The van der Waals surface area contributed by atoms with E-state index in [0.717, 1.165) is 37.0 Å². The lowest BCUT2D eigenvalue weighted by atomic mass is 9.89. The minimum absolute atomic E-state index is 0.0176. The zero-order chi connectivity index (χ0) is 19.9. The van der Waals surface area contributed by atoms with Crippen LogP contribution < -0.4 is 15.4 Å². The van der Waals surface area contributed by atoms with Gasteiger partial charge in [-0.05, 0) is 37.5 Å². The van der Waals surface area contributed by atoms with Crippen molar-refractivity contribution in [3.05, 3.63) is 41.6 Å². The smallest absolute Gasteiger partial charge is 0.272 e. The Morgan fingerprint density at radius 1 is 1.18 bits per heavy atom. The van der Waals surface area contributed by atoms with Crippen LogP contribution in [0.25, 0.3) is 0 Å². The summed E-state index contributed by atoms with van der Waals surface area (Å²) in [5.74, 6) is 1.15. The molecule has 1 aromatic carbocycles. The molecule has 1 aromatic heterocycles. The topological polar surface area (TPSA) is 85.3 Å². The maximum atomic E-state index is 12.4. The molecule has 1 fully saturated rings. The number of hydrogen-bond acceptors (Lipinski definition) is 4. The minimum Gasteiger partial charge on any atom is -0.494 e. The summed E-state index contributed by atoms with van der Waals surface area (Å²) in [4.78, 5) is 24.8. The highest BCUT2D eigenvalue weighted by atomic mass is 16.5. The van der Waals surface area contributed by atoms with Crippen LogP contribution >= 0.6 is 0 Å². The van der Waals surface area contributed by atoms with E-state index in [2.05, 4.69) is 15.7 Å². The molecule has 0 atom stereocenters. The Balaban J connectivity index is 1.55. The first-order valence-electron chi connectivity index (χ1n) is 9.91. The minimum atomic E-state index is -0.275. The Bertz CT molecular complexity index is 808. The van der Waals surface area contributed by atoms with Crippen molar-refractivity contribution in [1.29, 1.82) is 0 Å². The summed E-state index contributed by atoms with van der Waals surface area (Å²) >= 11 is 0. The SMILES string of the molecule is CCOc1ccc(CNC(=O)c2cc(NC(=O)C3CCCCC3)n(C)n2)cc1. The van der Waals surface area contributed by atoms with E-state index in [1.807, 2.05) is 31.2 Å². The van der Waals surface area contributed by atoms with Crippen molar-refractivity contribution in [3.63, 3.8) is 0 Å². The molecule has 0 radical (unpaired) electrons. The first kappa shape index (κ1) is 19.9. The van der Waals surface area contributed by atoms with Gasteiger partial charge in [-0.25, -0.2) is 0 Å². The van der Waals surface area contributed by atoms with Crippen molar-refractivity contribution in [1.82, 2.24) is 15.1 Å². The second-order valence-corrected chi connectivity index (χ2v) is 7.12. The molecule has 150 valence electrons. The van der Waals surface area contributed by atoms with Crippen LogP contribution in [0.5, 0.6) is 5.75 Å². The second-order valence-electron chi connectivity index (χ2n) is 7.12. The molecule has 1 heterocycles. The zero-order valence-corrected chi connectivity index (χ0v) is 16.5. The van der Waals surface area contributed by atoms with Gasteiger partial charge in [0.2, 0.25) is 5.91 Å². The van der Waals surface area contributed by atoms with Gasteiger partial charge in [-0.1, -0.05) is 31.4 Å². The van der Waals surface area contributed by atoms with Gasteiger partial charge in [-0.3, -0.25) is 14.3 Å². The lowest BCUT2D eigenvalue weighted by Crippen LogP contribution is -2.25. The summed E-state index contributed by atoms with van der Waals surface area (Å²) in [6, 6.07) is 9.21. The first-order chi connectivity index (χ1) is 13.6. The Kier molecular flexibility index (Phi) is 6.68. The molecule has 0 bridgehead atoms. The molecule has 7 heteroatoms. The number of amides is 2. The molecule has 1 aliphatic carbocycles. The Morgan fingerprint density at radius 2 is 1.89 bits per heavy atom. The highest BCUT2D eigenvalue weighted by Crippen LogP contribution is 2.25. The van der Waals surface area contributed by atoms with Crippen molar-refractivity contribution >= 4 is 17.6 Å². The van der Waals surface area contributed by atoms with E-state index < -0.39 is 0 Å². The van der Waals surface area contributed by atoms with Gasteiger partial charge >= 0.3 is 0 Å². The lowest BCUT2D eigenvalue weighted by Gasteiger charge is -2.20. The second kappa shape index (κ2) is 9.39. The molecule has 1 saturated carbocycles. The number of benzene rings is 1. The number of rotatable bonds is 7. The summed E-state index contributed by atoms with van der Waals surface area (Å²) in [6.45, 7) is 2.95. The molecular weight excluding hydrogens is 356 g/mol. The number of hydrogen-bond donors (Lipinski definition) is 2. The third kappa shape index (κ3) is 5.12. The van der Waals surface area contributed by atoms with E-state index in [1.54, 1.807) is 13.1 Å². The van der Waals surface area contributed by atoms with Crippen molar-refractivity contribution in [2.45, 2.75) is 45.6 Å². The van der Waals surface area contributed by atoms with Crippen LogP contribution in [0.2, 0.25) is 0 Å². The van der Waals surface area contributed by atoms with Gasteiger partial charge in [0.25, 0.3) is 5.91 Å². The largest absolute Gasteiger partial charge is 0.494 e. The normalized spacial score (nSPS) is 14.5. The molecule has 2 aromatic rings. The van der Waals surface area contributed by atoms with E-state index in [-0.39, 0.29) is 23.4 Å². The maximum Gasteiger partial charge on any atom is 0.272 e. The zero-order valence-electron chi connectivity index (χ0n) is 16.5. The van der Waals surface area contributed by atoms with Gasteiger partial charge in [0, 0.05) is 25.6 Å². The van der Waals surface area contributed by atoms with E-state index in [4.69, 9.17) is 4.74 Å². The molecule has 28 heavy (non-hydrogen) atoms. The van der Waals surface area contributed by atoms with Crippen molar-refractivity contribution in [3.8, 4) is 5.75 Å². The van der Waals surface area contributed by atoms with Crippen LogP contribution in [0.3, 0.4) is 0 Å². The predicted octanol–water partition coefficient (Wildman–Crippen LogP) is 3.27. The Labute approximate surface area is 165 Å². The number of nitrogens with one attached hydrogen (secondary N) is 2. The van der Waals surface area contributed by atoms with Crippen LogP contribution in [0.4, 0.5) is 5.82 Å². The molecule has 2 N–H and O–H groups in total.